The van der Waals surface area contributed by atoms with Crippen molar-refractivity contribution in [2.24, 2.45) is 0 Å². The third-order valence-electron chi connectivity index (χ3n) is 6.29. The molecule has 0 radical (unpaired) electrons. The van der Waals surface area contributed by atoms with Gasteiger partial charge in [0.05, 0.1) is 22.1 Å². The lowest BCUT2D eigenvalue weighted by Gasteiger charge is -2.13. The van der Waals surface area contributed by atoms with Crippen molar-refractivity contribution in [2.75, 3.05) is 18.5 Å². The molecular formula is C30H23Cl2N3O5S. The third-order valence-corrected chi connectivity index (χ3v) is 7.78. The molecule has 2 heterocycles. The zero-order valence-electron chi connectivity index (χ0n) is 21.7. The number of nitrogens with zero attached hydrogens (tertiary/aromatic N) is 2. The maximum absolute atomic E-state index is 13.2. The van der Waals surface area contributed by atoms with E-state index in [2.05, 4.69) is 9.88 Å². The van der Waals surface area contributed by atoms with Gasteiger partial charge in [0.1, 0.15) is 6.54 Å². The number of hydrogen-bond donors (Lipinski definition) is 1. The van der Waals surface area contributed by atoms with E-state index in [0.29, 0.717) is 11.6 Å². The number of ether oxygens (including phenoxy) is 1. The Bertz CT molecular complexity index is 1720. The van der Waals surface area contributed by atoms with Crippen molar-refractivity contribution in [3.8, 4) is 0 Å². The summed E-state index contributed by atoms with van der Waals surface area (Å²) < 4.78 is 7.05. The summed E-state index contributed by atoms with van der Waals surface area (Å²) in [5, 5.41) is 3.80. The molecule has 1 aliphatic rings. The largest absolute Gasteiger partial charge is 0.462 e. The molecule has 0 spiro atoms. The van der Waals surface area contributed by atoms with Gasteiger partial charge in [-0.25, -0.2) is 4.79 Å². The molecule has 1 aromatic heterocycles. The Kier molecular flexibility index (Phi) is 8.49. The number of rotatable bonds is 8. The first-order valence-corrected chi connectivity index (χ1v) is 14.1. The number of amides is 3. The van der Waals surface area contributed by atoms with E-state index in [1.807, 2.05) is 54.7 Å². The van der Waals surface area contributed by atoms with Gasteiger partial charge in [0.2, 0.25) is 5.91 Å². The minimum absolute atomic E-state index is 0.0932. The number of benzene rings is 3. The number of imide groups is 1. The van der Waals surface area contributed by atoms with E-state index in [-0.39, 0.29) is 27.8 Å². The van der Waals surface area contributed by atoms with Crippen LogP contribution in [0.5, 0.6) is 0 Å². The lowest BCUT2D eigenvalue weighted by atomic mass is 10.1. The number of halogens is 2. The second kappa shape index (κ2) is 12.2. The first kappa shape index (κ1) is 28.5. The zero-order chi connectivity index (χ0) is 29.1. The summed E-state index contributed by atoms with van der Waals surface area (Å²) in [5.41, 5.74) is 3.17. The Morgan fingerprint density at radius 3 is 2.54 bits per heavy atom. The number of esters is 1. The Hall–Kier alpha value is -4.05. The molecule has 0 aliphatic carbocycles. The highest BCUT2D eigenvalue weighted by atomic mass is 35.5. The van der Waals surface area contributed by atoms with Crippen molar-refractivity contribution in [1.82, 2.24) is 9.47 Å². The smallest absolute Gasteiger partial charge is 0.339 e. The topological polar surface area (TPSA) is 97.7 Å². The van der Waals surface area contributed by atoms with E-state index in [4.69, 9.17) is 27.9 Å². The molecule has 1 aliphatic heterocycles. The molecule has 11 heteroatoms. The molecule has 3 amide bonds. The number of para-hydroxylation sites is 1. The van der Waals surface area contributed by atoms with Crippen LogP contribution in [0.1, 0.15) is 28.4 Å². The van der Waals surface area contributed by atoms with Crippen LogP contribution in [-0.2, 0) is 20.9 Å². The van der Waals surface area contributed by atoms with Crippen molar-refractivity contribution in [2.45, 2.75) is 13.5 Å². The van der Waals surface area contributed by atoms with E-state index >= 15 is 0 Å². The average molecular weight is 609 g/mol. The number of thioether (sulfide) groups is 1. The lowest BCUT2D eigenvalue weighted by molar-refractivity contribution is -0.127. The van der Waals surface area contributed by atoms with Crippen molar-refractivity contribution < 1.29 is 23.9 Å². The highest BCUT2D eigenvalue weighted by Gasteiger charge is 2.36. The van der Waals surface area contributed by atoms with Crippen LogP contribution in [0.25, 0.3) is 17.0 Å². The van der Waals surface area contributed by atoms with Gasteiger partial charge in [-0.15, -0.1) is 0 Å². The highest BCUT2D eigenvalue weighted by Crippen LogP contribution is 2.34. The van der Waals surface area contributed by atoms with Crippen LogP contribution < -0.4 is 5.32 Å². The molecule has 208 valence electrons. The van der Waals surface area contributed by atoms with Crippen LogP contribution >= 0.6 is 35.0 Å². The molecular weight excluding hydrogens is 585 g/mol. The average Bonchev–Trinajstić information content (AvgIpc) is 3.42. The fourth-order valence-corrected chi connectivity index (χ4v) is 5.55. The van der Waals surface area contributed by atoms with Crippen molar-refractivity contribution in [1.29, 1.82) is 0 Å². The van der Waals surface area contributed by atoms with E-state index < -0.39 is 29.6 Å². The Balaban J connectivity index is 1.33. The molecule has 41 heavy (non-hydrogen) atoms. The normalized spacial score (nSPS) is 14.2. The predicted molar refractivity (Wildman–Crippen MR) is 161 cm³/mol. The van der Waals surface area contributed by atoms with Gasteiger partial charge in [-0.3, -0.25) is 19.3 Å². The maximum atomic E-state index is 13.2. The summed E-state index contributed by atoms with van der Waals surface area (Å²) >= 11 is 12.9. The summed E-state index contributed by atoms with van der Waals surface area (Å²) in [6.07, 6.45) is 3.61. The number of carbonyl (C=O) groups excluding carboxylic acids is 4. The summed E-state index contributed by atoms with van der Waals surface area (Å²) in [6, 6.07) is 19.7. The molecule has 0 unspecified atom stereocenters. The molecule has 1 saturated heterocycles. The highest BCUT2D eigenvalue weighted by molar-refractivity contribution is 8.18. The van der Waals surface area contributed by atoms with Crippen LogP contribution in [-0.4, -0.2) is 45.6 Å². The Morgan fingerprint density at radius 1 is 1.02 bits per heavy atom. The van der Waals surface area contributed by atoms with Gasteiger partial charge in [0.15, 0.2) is 0 Å². The fraction of sp³-hybridized carbons (Fsp3) is 0.133. The molecule has 0 bridgehead atoms. The van der Waals surface area contributed by atoms with E-state index in [1.54, 1.807) is 13.0 Å². The van der Waals surface area contributed by atoms with Gasteiger partial charge in [0.25, 0.3) is 11.1 Å². The lowest BCUT2D eigenvalue weighted by Crippen LogP contribution is -2.36. The van der Waals surface area contributed by atoms with Crippen molar-refractivity contribution >= 4 is 80.7 Å². The first-order valence-electron chi connectivity index (χ1n) is 12.6. The Labute approximate surface area is 249 Å². The molecule has 0 atom stereocenters. The number of nitrogens with one attached hydrogen (secondary N) is 1. The Morgan fingerprint density at radius 2 is 1.78 bits per heavy atom. The molecule has 5 rings (SSSR count). The molecule has 1 fully saturated rings. The van der Waals surface area contributed by atoms with Crippen LogP contribution in [0.2, 0.25) is 10.0 Å². The van der Waals surface area contributed by atoms with Crippen LogP contribution in [0.15, 0.2) is 77.8 Å². The standard InChI is InChI=1S/C30H23Cl2N3O5S/c1-2-40-29(38)23-14-21(11-12-24(23)32)33-27(36)17-35-28(37)26(41-30(35)39)13-19-16-34(25-6-4-3-5-22(19)25)15-18-7-9-20(31)10-8-18/h3-14,16H,2,15,17H2,1H3,(H,33,36)/b26-13-. The molecule has 4 aromatic rings. The SMILES string of the molecule is CCOC(=O)c1cc(NC(=O)CN2C(=O)S/C(=C\c3cn(Cc4ccc(Cl)cc4)c4ccccc34)C2=O)ccc1Cl. The van der Waals surface area contributed by atoms with Gasteiger partial charge in [-0.2, -0.15) is 0 Å². The zero-order valence-corrected chi connectivity index (χ0v) is 24.1. The fourth-order valence-electron chi connectivity index (χ4n) is 4.40. The van der Waals surface area contributed by atoms with Crippen LogP contribution in [0, 0.1) is 0 Å². The van der Waals surface area contributed by atoms with Crippen LogP contribution in [0.3, 0.4) is 0 Å². The van der Waals surface area contributed by atoms with Gasteiger partial charge >= 0.3 is 5.97 Å². The number of anilines is 1. The molecule has 0 saturated carbocycles. The van der Waals surface area contributed by atoms with Crippen molar-refractivity contribution in [3.05, 3.63) is 105 Å². The van der Waals surface area contributed by atoms with Gasteiger partial charge in [0, 0.05) is 39.9 Å². The van der Waals surface area contributed by atoms with Gasteiger partial charge < -0.3 is 14.6 Å². The summed E-state index contributed by atoms with van der Waals surface area (Å²) in [6.45, 7) is 1.94. The number of fused-ring (bicyclic) bond motifs is 1. The molecule has 8 nitrogen and oxygen atoms in total. The van der Waals surface area contributed by atoms with E-state index in [9.17, 15) is 19.2 Å². The van der Waals surface area contributed by atoms with Crippen molar-refractivity contribution in [3.63, 3.8) is 0 Å². The summed E-state index contributed by atoms with van der Waals surface area (Å²) in [5.74, 6) is -1.79. The van der Waals surface area contributed by atoms with Crippen LogP contribution in [0.4, 0.5) is 10.5 Å². The second-order valence-electron chi connectivity index (χ2n) is 9.09. The number of hydrogen-bond acceptors (Lipinski definition) is 6. The second-order valence-corrected chi connectivity index (χ2v) is 10.9. The number of carbonyl (C=O) groups is 4. The summed E-state index contributed by atoms with van der Waals surface area (Å²) in [4.78, 5) is 51.9. The first-order chi connectivity index (χ1) is 19.7. The quantitative estimate of drug-likeness (QED) is 0.174. The van der Waals surface area contributed by atoms with Gasteiger partial charge in [-0.05, 0) is 66.7 Å². The minimum atomic E-state index is -0.626. The number of aromatic nitrogens is 1. The van der Waals surface area contributed by atoms with E-state index in [0.717, 1.165) is 38.7 Å². The predicted octanol–water partition coefficient (Wildman–Crippen LogP) is 6.85. The molecule has 3 aromatic carbocycles. The maximum Gasteiger partial charge on any atom is 0.339 e. The third kappa shape index (κ3) is 6.32. The minimum Gasteiger partial charge on any atom is -0.462 e. The van der Waals surface area contributed by atoms with Gasteiger partial charge in [-0.1, -0.05) is 53.5 Å². The summed E-state index contributed by atoms with van der Waals surface area (Å²) in [7, 11) is 0. The molecule has 1 N–H and O–H groups in total. The van der Waals surface area contributed by atoms with E-state index in [1.165, 1.54) is 18.2 Å². The monoisotopic (exact) mass is 607 g/mol.